The first-order chi connectivity index (χ1) is 4.70. The average Bonchev–Trinajstić information content (AvgIpc) is 2.16. The predicted molar refractivity (Wildman–Crippen MR) is 41.7 cm³/mol. The molecular weight excluding hydrogens is 131 g/mol. The summed E-state index contributed by atoms with van der Waals surface area (Å²) in [6, 6.07) is 0. The van der Waals surface area contributed by atoms with Gasteiger partial charge in [0.05, 0.1) is 0 Å². The first-order valence-corrected chi connectivity index (χ1v) is 3.65. The lowest BCUT2D eigenvalue weighted by molar-refractivity contribution is 0.368. The normalized spacial score (nSPS) is 23.5. The Bertz CT molecular complexity index is 123. The lowest BCUT2D eigenvalue weighted by Gasteiger charge is -2.02. The Labute approximate surface area is 61.7 Å². The van der Waals surface area contributed by atoms with Gasteiger partial charge < -0.3 is 0 Å². The maximum Gasteiger partial charge on any atom is 0.212 e. The Morgan fingerprint density at radius 1 is 1.60 bits per heavy atom. The summed E-state index contributed by atoms with van der Waals surface area (Å²) in [5.41, 5.74) is 0. The lowest BCUT2D eigenvalue weighted by Crippen LogP contribution is -2.11. The van der Waals surface area contributed by atoms with Gasteiger partial charge in [0.15, 0.2) is 0 Å². The van der Waals surface area contributed by atoms with E-state index in [4.69, 9.17) is 0 Å². The number of hydrogen-bond donors (Lipinski definition) is 0. The molecule has 0 fully saturated rings. The Kier molecular flexibility index (Phi) is 4.00. The Balaban J connectivity index is 0.000000371. The molecule has 0 aromatic heterocycles. The van der Waals surface area contributed by atoms with E-state index in [0.717, 1.165) is 0 Å². The molecule has 0 bridgehead atoms. The van der Waals surface area contributed by atoms with E-state index >= 15 is 0 Å². The standard InChI is InChI=1S/C5H9FN2.C2H6/c1-4-3-8(2)7-5(4)6;1-2/h4H,3H2,1-2H3;1-2H3. The van der Waals surface area contributed by atoms with Crippen LogP contribution in [0.15, 0.2) is 5.10 Å². The van der Waals surface area contributed by atoms with Crippen LogP contribution in [0.25, 0.3) is 0 Å². The van der Waals surface area contributed by atoms with Crippen molar-refractivity contribution in [2.45, 2.75) is 20.8 Å². The fourth-order valence-electron chi connectivity index (χ4n) is 0.774. The van der Waals surface area contributed by atoms with Gasteiger partial charge in [0.25, 0.3) is 0 Å². The monoisotopic (exact) mass is 146 g/mol. The van der Waals surface area contributed by atoms with E-state index in [1.807, 2.05) is 20.8 Å². The molecule has 1 aliphatic rings. The molecule has 1 unspecified atom stereocenters. The fraction of sp³-hybridized carbons (Fsp3) is 0.857. The van der Waals surface area contributed by atoms with Crippen molar-refractivity contribution in [2.75, 3.05) is 13.6 Å². The average molecular weight is 146 g/mol. The second kappa shape index (κ2) is 4.25. The highest BCUT2D eigenvalue weighted by Crippen LogP contribution is 2.10. The number of halogens is 1. The van der Waals surface area contributed by atoms with Crippen LogP contribution in [0.4, 0.5) is 4.39 Å². The van der Waals surface area contributed by atoms with Crippen LogP contribution in [0, 0.1) is 5.92 Å². The molecular formula is C7H15FN2. The molecule has 0 saturated heterocycles. The predicted octanol–water partition coefficient (Wildman–Crippen LogP) is 1.88. The molecule has 1 heterocycles. The third kappa shape index (κ3) is 2.33. The summed E-state index contributed by atoms with van der Waals surface area (Å²) >= 11 is 0. The topological polar surface area (TPSA) is 15.6 Å². The summed E-state index contributed by atoms with van der Waals surface area (Å²) in [5, 5.41) is 5.16. The highest BCUT2D eigenvalue weighted by Gasteiger charge is 2.18. The van der Waals surface area contributed by atoms with Gasteiger partial charge in [-0.1, -0.05) is 20.8 Å². The maximum atomic E-state index is 12.3. The molecule has 0 aromatic carbocycles. The molecule has 3 heteroatoms. The van der Waals surface area contributed by atoms with Gasteiger partial charge >= 0.3 is 0 Å². The third-order valence-electron chi connectivity index (χ3n) is 1.21. The number of rotatable bonds is 0. The van der Waals surface area contributed by atoms with Crippen molar-refractivity contribution < 1.29 is 4.39 Å². The zero-order valence-electron chi connectivity index (χ0n) is 7.06. The fourth-order valence-corrected chi connectivity index (χ4v) is 0.774. The van der Waals surface area contributed by atoms with Gasteiger partial charge in [-0.25, -0.2) is 0 Å². The lowest BCUT2D eigenvalue weighted by atomic mass is 10.2. The summed E-state index contributed by atoms with van der Waals surface area (Å²) in [4.78, 5) is 0. The minimum Gasteiger partial charge on any atom is -0.297 e. The molecule has 0 radical (unpaired) electrons. The molecule has 1 aliphatic heterocycles. The van der Waals surface area contributed by atoms with Crippen LogP contribution in [0.3, 0.4) is 0 Å². The molecule has 0 spiro atoms. The maximum absolute atomic E-state index is 12.3. The Morgan fingerprint density at radius 3 is 2.20 bits per heavy atom. The Morgan fingerprint density at radius 2 is 2.10 bits per heavy atom. The molecule has 0 amide bonds. The van der Waals surface area contributed by atoms with Gasteiger partial charge in [-0.3, -0.25) is 5.01 Å². The van der Waals surface area contributed by atoms with Crippen LogP contribution in [0.2, 0.25) is 0 Å². The number of nitrogens with zero attached hydrogens (tertiary/aromatic N) is 2. The van der Waals surface area contributed by atoms with Crippen molar-refractivity contribution in [3.8, 4) is 0 Å². The summed E-state index contributed by atoms with van der Waals surface area (Å²) in [6.07, 6.45) is 0. The molecule has 0 saturated carbocycles. The van der Waals surface area contributed by atoms with Crippen molar-refractivity contribution >= 4 is 5.97 Å². The summed E-state index contributed by atoms with van der Waals surface area (Å²) < 4.78 is 12.3. The summed E-state index contributed by atoms with van der Waals surface area (Å²) in [5.74, 6) is -0.243. The highest BCUT2D eigenvalue weighted by molar-refractivity contribution is 5.78. The van der Waals surface area contributed by atoms with E-state index in [1.165, 1.54) is 0 Å². The molecule has 1 rings (SSSR count). The van der Waals surface area contributed by atoms with Crippen LogP contribution in [-0.4, -0.2) is 24.6 Å². The van der Waals surface area contributed by atoms with Crippen LogP contribution in [-0.2, 0) is 0 Å². The van der Waals surface area contributed by atoms with E-state index in [2.05, 4.69) is 5.10 Å². The number of hydrazone groups is 1. The summed E-state index contributed by atoms with van der Waals surface area (Å²) in [6.45, 7) is 6.54. The SMILES string of the molecule is CC.CC1CN(C)N=C1F. The second-order valence-corrected chi connectivity index (χ2v) is 2.16. The smallest absolute Gasteiger partial charge is 0.212 e. The van der Waals surface area contributed by atoms with E-state index < -0.39 is 0 Å². The quantitative estimate of drug-likeness (QED) is 0.509. The van der Waals surface area contributed by atoms with Crippen LogP contribution in [0.5, 0.6) is 0 Å². The first kappa shape index (κ1) is 9.40. The van der Waals surface area contributed by atoms with Crippen molar-refractivity contribution in [2.24, 2.45) is 11.0 Å². The van der Waals surface area contributed by atoms with Gasteiger partial charge in [0.2, 0.25) is 5.97 Å². The van der Waals surface area contributed by atoms with Gasteiger partial charge in [-0.2, -0.15) is 9.49 Å². The van der Waals surface area contributed by atoms with Crippen molar-refractivity contribution in [1.82, 2.24) is 5.01 Å². The van der Waals surface area contributed by atoms with Gasteiger partial charge in [0, 0.05) is 19.5 Å². The molecule has 60 valence electrons. The Hall–Kier alpha value is -0.600. The van der Waals surface area contributed by atoms with Gasteiger partial charge in [-0.05, 0) is 0 Å². The van der Waals surface area contributed by atoms with E-state index in [0.29, 0.717) is 6.54 Å². The molecule has 0 N–H and O–H groups in total. The minimum atomic E-state index is -0.243. The van der Waals surface area contributed by atoms with Gasteiger partial charge in [-0.15, -0.1) is 0 Å². The number of hydrogen-bond acceptors (Lipinski definition) is 2. The van der Waals surface area contributed by atoms with Crippen molar-refractivity contribution in [1.29, 1.82) is 0 Å². The zero-order valence-corrected chi connectivity index (χ0v) is 7.06. The van der Waals surface area contributed by atoms with E-state index in [9.17, 15) is 4.39 Å². The van der Waals surface area contributed by atoms with Crippen molar-refractivity contribution in [3.05, 3.63) is 0 Å². The minimum absolute atomic E-state index is 0.000000000000000222. The largest absolute Gasteiger partial charge is 0.297 e. The van der Waals surface area contributed by atoms with Crippen LogP contribution >= 0.6 is 0 Å². The second-order valence-electron chi connectivity index (χ2n) is 2.16. The molecule has 0 aromatic rings. The molecule has 1 atom stereocenters. The molecule has 10 heavy (non-hydrogen) atoms. The van der Waals surface area contributed by atoms with E-state index in [-0.39, 0.29) is 11.9 Å². The van der Waals surface area contributed by atoms with Gasteiger partial charge in [0.1, 0.15) is 0 Å². The summed E-state index contributed by atoms with van der Waals surface area (Å²) in [7, 11) is 1.77. The van der Waals surface area contributed by atoms with Crippen LogP contribution in [0.1, 0.15) is 20.8 Å². The van der Waals surface area contributed by atoms with E-state index in [1.54, 1.807) is 12.1 Å². The zero-order chi connectivity index (χ0) is 8.15. The molecule has 0 aliphatic carbocycles. The first-order valence-electron chi connectivity index (χ1n) is 3.65. The van der Waals surface area contributed by atoms with Crippen LogP contribution < -0.4 is 0 Å². The van der Waals surface area contributed by atoms with Crippen molar-refractivity contribution in [3.63, 3.8) is 0 Å². The third-order valence-corrected chi connectivity index (χ3v) is 1.21. The highest BCUT2D eigenvalue weighted by atomic mass is 19.1. The molecule has 2 nitrogen and oxygen atoms in total.